The molecule has 0 bridgehead atoms. The van der Waals surface area contributed by atoms with Gasteiger partial charge in [0.05, 0.1) is 12.7 Å². The van der Waals surface area contributed by atoms with Crippen LogP contribution >= 0.6 is 0 Å². The number of piperidine rings is 1. The summed E-state index contributed by atoms with van der Waals surface area (Å²) in [6.07, 6.45) is 2.61. The first-order valence-corrected chi connectivity index (χ1v) is 8.71. The molecule has 1 aromatic carbocycles. The maximum Gasteiger partial charge on any atom is 0.222 e. The molecule has 0 aliphatic carbocycles. The van der Waals surface area contributed by atoms with E-state index in [1.807, 2.05) is 30.0 Å². The molecule has 1 fully saturated rings. The Hall–Kier alpha value is -2.06. The first kappa shape index (κ1) is 18.3. The molecule has 24 heavy (non-hydrogen) atoms. The average Bonchev–Trinajstić information content (AvgIpc) is 2.65. The molecule has 0 unspecified atom stereocenters. The second-order valence-electron chi connectivity index (χ2n) is 6.28. The van der Waals surface area contributed by atoms with Crippen molar-refractivity contribution in [1.29, 1.82) is 5.26 Å². The second-order valence-corrected chi connectivity index (χ2v) is 6.28. The standard InChI is InChI=1S/C19H27N3O2/c1-4-15-13-22(19(23)5-2)9-8-17(15)21-12-14-6-7-18(24-3)16(10-14)11-20/h6-7,10,15,17,21H,4-5,8-9,12-13H2,1-3H3/t15-,17+/m0/s1. The number of likely N-dealkylation sites (tertiary alicyclic amines) is 1. The van der Waals surface area contributed by atoms with E-state index in [2.05, 4.69) is 18.3 Å². The number of benzene rings is 1. The monoisotopic (exact) mass is 329 g/mol. The van der Waals surface area contributed by atoms with E-state index in [0.717, 1.165) is 38.0 Å². The van der Waals surface area contributed by atoms with Crippen molar-refractivity contribution in [2.24, 2.45) is 5.92 Å². The molecule has 1 amide bonds. The van der Waals surface area contributed by atoms with Crippen molar-refractivity contribution >= 4 is 5.91 Å². The highest BCUT2D eigenvalue weighted by Gasteiger charge is 2.29. The number of nitrogens with one attached hydrogen (secondary N) is 1. The summed E-state index contributed by atoms with van der Waals surface area (Å²) in [7, 11) is 1.57. The lowest BCUT2D eigenvalue weighted by Crippen LogP contribution is -2.50. The second kappa shape index (κ2) is 8.70. The van der Waals surface area contributed by atoms with Gasteiger partial charge in [-0.15, -0.1) is 0 Å². The van der Waals surface area contributed by atoms with Crippen LogP contribution in [0.5, 0.6) is 5.75 Å². The quantitative estimate of drug-likeness (QED) is 0.871. The largest absolute Gasteiger partial charge is 0.495 e. The topological polar surface area (TPSA) is 65.4 Å². The van der Waals surface area contributed by atoms with Crippen LogP contribution in [0.15, 0.2) is 18.2 Å². The Kier molecular flexibility index (Phi) is 6.62. The minimum Gasteiger partial charge on any atom is -0.495 e. The number of carbonyl (C=O) groups is 1. The molecule has 0 radical (unpaired) electrons. The van der Waals surface area contributed by atoms with E-state index >= 15 is 0 Å². The molecular formula is C19H27N3O2. The summed E-state index contributed by atoms with van der Waals surface area (Å²) in [5.74, 6) is 1.34. The molecule has 0 aromatic heterocycles. The van der Waals surface area contributed by atoms with Crippen LogP contribution < -0.4 is 10.1 Å². The van der Waals surface area contributed by atoms with Gasteiger partial charge in [-0.25, -0.2) is 0 Å². The third kappa shape index (κ3) is 4.27. The van der Waals surface area contributed by atoms with E-state index in [1.165, 1.54) is 0 Å². The normalized spacial score (nSPS) is 20.5. The van der Waals surface area contributed by atoms with Gasteiger partial charge >= 0.3 is 0 Å². The fourth-order valence-electron chi connectivity index (χ4n) is 3.37. The predicted molar refractivity (Wildman–Crippen MR) is 93.6 cm³/mol. The highest BCUT2D eigenvalue weighted by atomic mass is 16.5. The molecule has 130 valence electrons. The number of ether oxygens (including phenoxy) is 1. The first-order chi connectivity index (χ1) is 11.6. The Balaban J connectivity index is 1.96. The SMILES string of the molecule is CCC(=O)N1CC[C@@H](NCc2ccc(OC)c(C#N)c2)[C@@H](CC)C1. The first-order valence-electron chi connectivity index (χ1n) is 8.71. The molecule has 1 N–H and O–H groups in total. The zero-order valence-electron chi connectivity index (χ0n) is 14.8. The summed E-state index contributed by atoms with van der Waals surface area (Å²) in [5.41, 5.74) is 1.64. The summed E-state index contributed by atoms with van der Waals surface area (Å²) in [5, 5.41) is 12.8. The molecule has 1 heterocycles. The molecule has 1 saturated heterocycles. The van der Waals surface area contributed by atoms with E-state index in [0.29, 0.717) is 29.7 Å². The van der Waals surface area contributed by atoms with Crippen molar-refractivity contribution < 1.29 is 9.53 Å². The third-order valence-corrected chi connectivity index (χ3v) is 4.87. The van der Waals surface area contributed by atoms with Crippen LogP contribution in [0.25, 0.3) is 0 Å². The summed E-state index contributed by atoms with van der Waals surface area (Å²) in [6, 6.07) is 8.29. The van der Waals surface area contributed by atoms with E-state index in [9.17, 15) is 10.1 Å². The maximum absolute atomic E-state index is 11.9. The van der Waals surface area contributed by atoms with Crippen LogP contribution in [0.1, 0.15) is 44.2 Å². The van der Waals surface area contributed by atoms with Crippen LogP contribution in [-0.4, -0.2) is 37.0 Å². The summed E-state index contributed by atoms with van der Waals surface area (Å²) < 4.78 is 5.18. The minimum absolute atomic E-state index is 0.251. The van der Waals surface area contributed by atoms with Crippen LogP contribution in [0.4, 0.5) is 0 Å². The van der Waals surface area contributed by atoms with Gasteiger partial charge in [0.15, 0.2) is 0 Å². The molecular weight excluding hydrogens is 302 g/mol. The van der Waals surface area contributed by atoms with Gasteiger partial charge in [-0.1, -0.05) is 26.3 Å². The molecule has 0 spiro atoms. The third-order valence-electron chi connectivity index (χ3n) is 4.87. The Bertz CT molecular complexity index is 609. The van der Waals surface area contributed by atoms with Crippen molar-refractivity contribution in [3.05, 3.63) is 29.3 Å². The van der Waals surface area contributed by atoms with Gasteiger partial charge in [0.1, 0.15) is 11.8 Å². The number of methoxy groups -OCH3 is 1. The number of hydrogen-bond donors (Lipinski definition) is 1. The lowest BCUT2D eigenvalue weighted by Gasteiger charge is -2.38. The van der Waals surface area contributed by atoms with Crippen molar-refractivity contribution in [2.45, 2.75) is 45.7 Å². The summed E-state index contributed by atoms with van der Waals surface area (Å²) >= 11 is 0. The van der Waals surface area contributed by atoms with Gasteiger partial charge in [-0.05, 0) is 30.0 Å². The van der Waals surface area contributed by atoms with Crippen LogP contribution in [-0.2, 0) is 11.3 Å². The number of rotatable bonds is 6. The number of carbonyl (C=O) groups excluding carboxylic acids is 1. The Morgan fingerprint density at radius 2 is 2.25 bits per heavy atom. The fraction of sp³-hybridized carbons (Fsp3) is 0.579. The van der Waals surface area contributed by atoms with Crippen molar-refractivity contribution in [3.63, 3.8) is 0 Å². The van der Waals surface area contributed by atoms with Crippen molar-refractivity contribution in [2.75, 3.05) is 20.2 Å². The summed E-state index contributed by atoms with van der Waals surface area (Å²) in [6.45, 7) is 6.49. The molecule has 1 aliphatic heterocycles. The van der Waals surface area contributed by atoms with Crippen molar-refractivity contribution in [1.82, 2.24) is 10.2 Å². The maximum atomic E-state index is 11.9. The van der Waals surface area contributed by atoms with Gasteiger partial charge in [-0.3, -0.25) is 4.79 Å². The molecule has 0 saturated carbocycles. The van der Waals surface area contributed by atoms with Crippen molar-refractivity contribution in [3.8, 4) is 11.8 Å². The van der Waals surface area contributed by atoms with E-state index in [-0.39, 0.29) is 5.91 Å². The number of nitriles is 1. The Labute approximate surface area is 144 Å². The van der Waals surface area contributed by atoms with Gasteiger partial charge in [0.2, 0.25) is 5.91 Å². The zero-order valence-corrected chi connectivity index (χ0v) is 14.8. The van der Waals surface area contributed by atoms with Gasteiger partial charge in [0.25, 0.3) is 0 Å². The van der Waals surface area contributed by atoms with Crippen LogP contribution in [0.3, 0.4) is 0 Å². The van der Waals surface area contributed by atoms with E-state index in [1.54, 1.807) is 7.11 Å². The Morgan fingerprint density at radius 3 is 2.88 bits per heavy atom. The average molecular weight is 329 g/mol. The highest BCUT2D eigenvalue weighted by Crippen LogP contribution is 2.22. The predicted octanol–water partition coefficient (Wildman–Crippen LogP) is 2.69. The molecule has 1 aromatic rings. The van der Waals surface area contributed by atoms with Crippen LogP contribution in [0, 0.1) is 17.2 Å². The van der Waals surface area contributed by atoms with Gasteiger partial charge in [-0.2, -0.15) is 5.26 Å². The lowest BCUT2D eigenvalue weighted by molar-refractivity contribution is -0.133. The number of nitrogens with zero attached hydrogens (tertiary/aromatic N) is 2. The molecule has 5 nitrogen and oxygen atoms in total. The van der Waals surface area contributed by atoms with Crippen LogP contribution in [0.2, 0.25) is 0 Å². The lowest BCUT2D eigenvalue weighted by atomic mass is 9.89. The minimum atomic E-state index is 0.251. The van der Waals surface area contributed by atoms with E-state index in [4.69, 9.17) is 4.74 Å². The van der Waals surface area contributed by atoms with Gasteiger partial charge < -0.3 is 15.0 Å². The smallest absolute Gasteiger partial charge is 0.222 e. The molecule has 2 rings (SSSR count). The Morgan fingerprint density at radius 1 is 1.46 bits per heavy atom. The van der Waals surface area contributed by atoms with Gasteiger partial charge in [0, 0.05) is 32.1 Å². The number of hydrogen-bond acceptors (Lipinski definition) is 4. The zero-order chi connectivity index (χ0) is 17.5. The summed E-state index contributed by atoms with van der Waals surface area (Å²) in [4.78, 5) is 13.9. The van der Waals surface area contributed by atoms with E-state index < -0.39 is 0 Å². The molecule has 1 aliphatic rings. The highest BCUT2D eigenvalue weighted by molar-refractivity contribution is 5.75. The number of amides is 1. The molecule has 5 heteroatoms. The molecule has 2 atom stereocenters. The fourth-order valence-corrected chi connectivity index (χ4v) is 3.37.